The second-order valence-corrected chi connectivity index (χ2v) is 8.05. The highest BCUT2D eigenvalue weighted by Crippen LogP contribution is 2.19. The van der Waals surface area contributed by atoms with Gasteiger partial charge in [0.2, 0.25) is 11.8 Å². The van der Waals surface area contributed by atoms with Crippen LogP contribution in [-0.2, 0) is 22.6 Å². The van der Waals surface area contributed by atoms with Crippen LogP contribution in [-0.4, -0.2) is 54.7 Å². The lowest BCUT2D eigenvalue weighted by molar-refractivity contribution is -0.128. The Morgan fingerprint density at radius 2 is 1.88 bits per heavy atom. The number of carbonyl (C=O) groups excluding carboxylic acids is 2. The Kier molecular flexibility index (Phi) is 8.74. The van der Waals surface area contributed by atoms with E-state index in [1.165, 1.54) is 0 Å². The van der Waals surface area contributed by atoms with Crippen molar-refractivity contribution in [3.63, 3.8) is 0 Å². The van der Waals surface area contributed by atoms with E-state index in [2.05, 4.69) is 33.9 Å². The topological polar surface area (TPSA) is 96.4 Å². The zero-order valence-corrected chi connectivity index (χ0v) is 18.6. The molecule has 32 heavy (non-hydrogen) atoms. The third-order valence-electron chi connectivity index (χ3n) is 5.26. The molecule has 172 valence electrons. The molecule has 1 aliphatic heterocycles. The fraction of sp³-hybridized carbons (Fsp3) is 0.417. The van der Waals surface area contributed by atoms with Gasteiger partial charge in [-0.3, -0.25) is 9.59 Å². The van der Waals surface area contributed by atoms with Gasteiger partial charge < -0.3 is 30.6 Å². The first kappa shape index (κ1) is 23.4. The van der Waals surface area contributed by atoms with Crippen LogP contribution in [0.15, 0.2) is 61.1 Å². The Labute approximate surface area is 189 Å². The second kappa shape index (κ2) is 12.0. The molecule has 2 aromatic rings. The number of aromatic nitrogens is 1. The Balaban J connectivity index is 1.69. The predicted octanol–water partition coefficient (Wildman–Crippen LogP) is 1.20. The SMILES string of the molecule is C=C1CN[C@@H](C)COc2ccccc2CCCNC(=O)C(Cn2cccc2)NC(=O)CN1. The molecule has 2 atom stereocenters. The van der Waals surface area contributed by atoms with E-state index in [9.17, 15) is 9.59 Å². The summed E-state index contributed by atoms with van der Waals surface area (Å²) >= 11 is 0. The van der Waals surface area contributed by atoms with Crippen LogP contribution in [0.3, 0.4) is 0 Å². The van der Waals surface area contributed by atoms with Crippen molar-refractivity contribution >= 4 is 11.8 Å². The second-order valence-electron chi connectivity index (χ2n) is 8.05. The van der Waals surface area contributed by atoms with Crippen LogP contribution in [0.25, 0.3) is 0 Å². The van der Waals surface area contributed by atoms with Gasteiger partial charge in [-0.15, -0.1) is 0 Å². The zero-order chi connectivity index (χ0) is 22.8. The summed E-state index contributed by atoms with van der Waals surface area (Å²) in [4.78, 5) is 25.3. The molecule has 4 N–H and O–H groups in total. The summed E-state index contributed by atoms with van der Waals surface area (Å²) in [5.74, 6) is 0.403. The maximum atomic E-state index is 12.8. The smallest absolute Gasteiger partial charge is 0.244 e. The molecule has 0 fully saturated rings. The fourth-order valence-corrected chi connectivity index (χ4v) is 3.45. The van der Waals surface area contributed by atoms with Gasteiger partial charge in [0, 0.05) is 37.2 Å². The van der Waals surface area contributed by atoms with Gasteiger partial charge in [0.05, 0.1) is 13.1 Å². The van der Waals surface area contributed by atoms with Crippen molar-refractivity contribution in [3.05, 3.63) is 66.6 Å². The number of benzene rings is 1. The number of fused-ring (bicyclic) bond motifs is 1. The molecule has 0 bridgehead atoms. The van der Waals surface area contributed by atoms with E-state index in [4.69, 9.17) is 4.74 Å². The first-order chi connectivity index (χ1) is 15.5. The van der Waals surface area contributed by atoms with Gasteiger partial charge in [-0.25, -0.2) is 0 Å². The molecule has 8 heteroatoms. The van der Waals surface area contributed by atoms with Crippen molar-refractivity contribution in [2.75, 3.05) is 26.2 Å². The van der Waals surface area contributed by atoms with Crippen LogP contribution in [0, 0.1) is 0 Å². The van der Waals surface area contributed by atoms with Crippen LogP contribution in [0.5, 0.6) is 5.75 Å². The van der Waals surface area contributed by atoms with Crippen molar-refractivity contribution in [3.8, 4) is 5.75 Å². The standard InChI is InChI=1S/C24H33N5O3/c1-18-14-26-19(2)17-32-22-10-4-3-8-20(22)9-7-11-25-24(31)21(28-23(30)15-27-18)16-29-12-5-6-13-29/h3-6,8,10,12-13,19,21,26-27H,1,7,9,11,14-17H2,2H3,(H,25,31)(H,28,30)/t19-,21?/m0/s1. The number of para-hydroxylation sites is 1. The summed E-state index contributed by atoms with van der Waals surface area (Å²) < 4.78 is 7.90. The lowest BCUT2D eigenvalue weighted by atomic mass is 10.1. The van der Waals surface area contributed by atoms with Crippen LogP contribution in [0.4, 0.5) is 0 Å². The van der Waals surface area contributed by atoms with Crippen molar-refractivity contribution < 1.29 is 14.3 Å². The predicted molar refractivity (Wildman–Crippen MR) is 124 cm³/mol. The summed E-state index contributed by atoms with van der Waals surface area (Å²) in [6.07, 6.45) is 5.29. The molecular formula is C24H33N5O3. The third kappa shape index (κ3) is 7.46. The number of aryl methyl sites for hydroxylation is 1. The van der Waals surface area contributed by atoms with Gasteiger partial charge in [-0.05, 0) is 43.5 Å². The van der Waals surface area contributed by atoms with Crippen LogP contribution in [0.2, 0.25) is 0 Å². The molecule has 3 rings (SSSR count). The molecule has 1 unspecified atom stereocenters. The summed E-state index contributed by atoms with van der Waals surface area (Å²) in [6.45, 7) is 7.96. The highest BCUT2D eigenvalue weighted by molar-refractivity contribution is 5.88. The molecule has 1 aromatic heterocycles. The Bertz CT molecular complexity index is 897. The molecule has 0 spiro atoms. The van der Waals surface area contributed by atoms with Gasteiger partial charge in [-0.2, -0.15) is 0 Å². The number of carbonyl (C=O) groups is 2. The molecule has 1 aliphatic rings. The zero-order valence-electron chi connectivity index (χ0n) is 18.6. The van der Waals surface area contributed by atoms with Gasteiger partial charge in [0.25, 0.3) is 0 Å². The number of ether oxygens (including phenoxy) is 1. The van der Waals surface area contributed by atoms with Crippen LogP contribution < -0.4 is 26.0 Å². The molecule has 1 aromatic carbocycles. The van der Waals surface area contributed by atoms with Crippen molar-refractivity contribution in [1.29, 1.82) is 0 Å². The molecule has 2 heterocycles. The molecule has 0 aliphatic carbocycles. The first-order valence-corrected chi connectivity index (χ1v) is 11.0. The molecule has 8 nitrogen and oxygen atoms in total. The highest BCUT2D eigenvalue weighted by Gasteiger charge is 2.21. The highest BCUT2D eigenvalue weighted by atomic mass is 16.5. The number of hydrogen-bond acceptors (Lipinski definition) is 5. The van der Waals surface area contributed by atoms with Crippen LogP contribution in [0.1, 0.15) is 18.9 Å². The number of amides is 2. The van der Waals surface area contributed by atoms with Crippen molar-refractivity contribution in [2.24, 2.45) is 0 Å². The van der Waals surface area contributed by atoms with E-state index in [0.29, 0.717) is 31.9 Å². The minimum Gasteiger partial charge on any atom is -0.492 e. The van der Waals surface area contributed by atoms with Gasteiger partial charge in [-0.1, -0.05) is 24.8 Å². The summed E-state index contributed by atoms with van der Waals surface area (Å²) in [7, 11) is 0. The van der Waals surface area contributed by atoms with Crippen molar-refractivity contribution in [1.82, 2.24) is 25.8 Å². The number of hydrogen-bond donors (Lipinski definition) is 4. The molecule has 0 saturated carbocycles. The minimum atomic E-state index is -0.669. The largest absolute Gasteiger partial charge is 0.492 e. The normalized spacial score (nSPS) is 21.7. The van der Waals surface area contributed by atoms with Gasteiger partial charge >= 0.3 is 0 Å². The number of nitrogens with one attached hydrogen (secondary N) is 4. The van der Waals surface area contributed by atoms with Gasteiger partial charge in [0.15, 0.2) is 0 Å². The quantitative estimate of drug-likeness (QED) is 0.564. The van der Waals surface area contributed by atoms with Gasteiger partial charge in [0.1, 0.15) is 18.4 Å². The fourth-order valence-electron chi connectivity index (χ4n) is 3.45. The van der Waals surface area contributed by atoms with Crippen LogP contribution >= 0.6 is 0 Å². The molecular weight excluding hydrogens is 406 g/mol. The first-order valence-electron chi connectivity index (χ1n) is 11.0. The third-order valence-corrected chi connectivity index (χ3v) is 5.26. The van der Waals surface area contributed by atoms with E-state index in [1.54, 1.807) is 0 Å². The van der Waals surface area contributed by atoms with E-state index in [1.807, 2.05) is 54.2 Å². The summed E-state index contributed by atoms with van der Waals surface area (Å²) in [6, 6.07) is 11.2. The Morgan fingerprint density at radius 3 is 2.69 bits per heavy atom. The number of nitrogens with zero attached hydrogens (tertiary/aromatic N) is 1. The van der Waals surface area contributed by atoms with Crippen molar-refractivity contribution in [2.45, 2.75) is 38.4 Å². The maximum absolute atomic E-state index is 12.8. The maximum Gasteiger partial charge on any atom is 0.244 e. The summed E-state index contributed by atoms with van der Waals surface area (Å²) in [5, 5.41) is 12.2. The van der Waals surface area contributed by atoms with E-state index >= 15 is 0 Å². The Hall–Kier alpha value is -3.26. The molecule has 0 radical (unpaired) electrons. The average molecular weight is 440 g/mol. The summed E-state index contributed by atoms with van der Waals surface area (Å²) in [5.41, 5.74) is 1.80. The van der Waals surface area contributed by atoms with E-state index < -0.39 is 6.04 Å². The van der Waals surface area contributed by atoms with E-state index in [-0.39, 0.29) is 24.4 Å². The monoisotopic (exact) mass is 439 g/mol. The lowest BCUT2D eigenvalue weighted by Crippen LogP contribution is -2.51. The average Bonchev–Trinajstić information content (AvgIpc) is 3.30. The molecule has 2 amide bonds. The number of rotatable bonds is 2. The lowest BCUT2D eigenvalue weighted by Gasteiger charge is -2.21. The van der Waals surface area contributed by atoms with E-state index in [0.717, 1.165) is 24.2 Å². The molecule has 0 saturated heterocycles. The Morgan fingerprint density at radius 1 is 1.09 bits per heavy atom. The minimum absolute atomic E-state index is 0.0498.